The molecule has 19 heavy (non-hydrogen) atoms. The minimum atomic E-state index is -4.77. The standard InChI is InChI=1S/C12H12F3NO3/c1-18-11(17)9-5-10(16)7-3-2-6(4-8(7)9)19-12(13,14)15/h2-4,9-10H,5,16H2,1H3. The van der Waals surface area contributed by atoms with Crippen LogP contribution < -0.4 is 10.5 Å². The van der Waals surface area contributed by atoms with Crippen LogP contribution >= 0.6 is 0 Å². The Kier molecular flexibility index (Phi) is 3.40. The van der Waals surface area contributed by atoms with Gasteiger partial charge in [-0.1, -0.05) is 6.07 Å². The van der Waals surface area contributed by atoms with Gasteiger partial charge in [-0.15, -0.1) is 13.2 Å². The number of methoxy groups -OCH3 is 1. The molecule has 1 aliphatic rings. The first-order valence-corrected chi connectivity index (χ1v) is 5.55. The molecule has 0 saturated heterocycles. The fourth-order valence-corrected chi connectivity index (χ4v) is 2.26. The summed E-state index contributed by atoms with van der Waals surface area (Å²) in [4.78, 5) is 11.6. The molecule has 2 atom stereocenters. The van der Waals surface area contributed by atoms with E-state index in [2.05, 4.69) is 9.47 Å². The molecule has 2 unspecified atom stereocenters. The number of halogens is 3. The van der Waals surface area contributed by atoms with E-state index in [1.165, 1.54) is 25.3 Å². The Balaban J connectivity index is 2.34. The number of carbonyl (C=O) groups is 1. The van der Waals surface area contributed by atoms with Crippen LogP contribution in [0, 0.1) is 0 Å². The Morgan fingerprint density at radius 1 is 1.37 bits per heavy atom. The van der Waals surface area contributed by atoms with Gasteiger partial charge in [0.05, 0.1) is 13.0 Å². The van der Waals surface area contributed by atoms with Gasteiger partial charge in [-0.3, -0.25) is 4.79 Å². The number of carbonyl (C=O) groups excluding carboxylic acids is 1. The van der Waals surface area contributed by atoms with Crippen molar-refractivity contribution in [3.05, 3.63) is 29.3 Å². The lowest BCUT2D eigenvalue weighted by molar-refractivity contribution is -0.274. The molecule has 0 spiro atoms. The molecule has 7 heteroatoms. The van der Waals surface area contributed by atoms with E-state index in [4.69, 9.17) is 5.73 Å². The van der Waals surface area contributed by atoms with Gasteiger partial charge in [-0.05, 0) is 29.7 Å². The number of nitrogens with two attached hydrogens (primary N) is 1. The summed E-state index contributed by atoms with van der Waals surface area (Å²) in [5.41, 5.74) is 6.91. The van der Waals surface area contributed by atoms with Crippen molar-refractivity contribution in [2.24, 2.45) is 5.73 Å². The Labute approximate surface area is 107 Å². The van der Waals surface area contributed by atoms with E-state index in [1.807, 2.05) is 0 Å². The molecule has 0 aromatic heterocycles. The van der Waals surface area contributed by atoms with Crippen molar-refractivity contribution in [1.29, 1.82) is 0 Å². The van der Waals surface area contributed by atoms with Gasteiger partial charge >= 0.3 is 12.3 Å². The van der Waals surface area contributed by atoms with Gasteiger partial charge in [0, 0.05) is 6.04 Å². The van der Waals surface area contributed by atoms with Crippen LogP contribution in [0.3, 0.4) is 0 Å². The minimum Gasteiger partial charge on any atom is -0.469 e. The monoisotopic (exact) mass is 275 g/mol. The number of alkyl halides is 3. The van der Waals surface area contributed by atoms with Crippen molar-refractivity contribution in [1.82, 2.24) is 0 Å². The Hall–Kier alpha value is -1.76. The largest absolute Gasteiger partial charge is 0.573 e. The molecule has 0 amide bonds. The lowest BCUT2D eigenvalue weighted by atomic mass is 10.0. The first kappa shape index (κ1) is 13.7. The SMILES string of the molecule is COC(=O)C1CC(N)c2ccc(OC(F)(F)F)cc21. The van der Waals surface area contributed by atoms with Crippen LogP contribution in [0.1, 0.15) is 29.5 Å². The molecule has 0 saturated carbocycles. The predicted molar refractivity (Wildman–Crippen MR) is 59.4 cm³/mol. The van der Waals surface area contributed by atoms with E-state index in [9.17, 15) is 18.0 Å². The number of esters is 1. The number of hydrogen-bond donors (Lipinski definition) is 1. The highest BCUT2D eigenvalue weighted by Gasteiger charge is 2.36. The van der Waals surface area contributed by atoms with Gasteiger partial charge in [0.25, 0.3) is 0 Å². The van der Waals surface area contributed by atoms with Crippen molar-refractivity contribution in [3.8, 4) is 5.75 Å². The molecule has 1 aliphatic carbocycles. The molecule has 0 heterocycles. The molecule has 4 nitrogen and oxygen atoms in total. The third-order valence-electron chi connectivity index (χ3n) is 3.04. The molecular weight excluding hydrogens is 263 g/mol. The van der Waals surface area contributed by atoms with Crippen LogP contribution in [0.25, 0.3) is 0 Å². The van der Waals surface area contributed by atoms with Crippen LogP contribution in [-0.4, -0.2) is 19.4 Å². The third kappa shape index (κ3) is 2.81. The van der Waals surface area contributed by atoms with E-state index >= 15 is 0 Å². The number of rotatable bonds is 2. The van der Waals surface area contributed by atoms with Gasteiger partial charge in [0.1, 0.15) is 5.75 Å². The van der Waals surface area contributed by atoms with E-state index in [0.29, 0.717) is 17.5 Å². The highest BCUT2D eigenvalue weighted by molar-refractivity contribution is 5.80. The molecule has 2 rings (SSSR count). The van der Waals surface area contributed by atoms with Crippen LogP contribution in [0.4, 0.5) is 13.2 Å². The molecule has 0 radical (unpaired) electrons. The normalized spacial score (nSPS) is 21.9. The molecule has 0 aliphatic heterocycles. The third-order valence-corrected chi connectivity index (χ3v) is 3.04. The van der Waals surface area contributed by atoms with Crippen LogP contribution in [0.15, 0.2) is 18.2 Å². The van der Waals surface area contributed by atoms with Gasteiger partial charge in [0.15, 0.2) is 0 Å². The second-order valence-corrected chi connectivity index (χ2v) is 4.26. The van der Waals surface area contributed by atoms with E-state index in [-0.39, 0.29) is 11.8 Å². The quantitative estimate of drug-likeness (QED) is 0.841. The zero-order chi connectivity index (χ0) is 14.2. The van der Waals surface area contributed by atoms with Crippen LogP contribution in [0.5, 0.6) is 5.75 Å². The predicted octanol–water partition coefficient (Wildman–Crippen LogP) is 2.25. The molecule has 2 N–H and O–H groups in total. The lowest BCUT2D eigenvalue weighted by Crippen LogP contribution is -2.17. The number of hydrogen-bond acceptors (Lipinski definition) is 4. The van der Waals surface area contributed by atoms with Gasteiger partial charge < -0.3 is 15.2 Å². The molecule has 0 fully saturated rings. The topological polar surface area (TPSA) is 61.5 Å². The van der Waals surface area contributed by atoms with Gasteiger partial charge in [-0.25, -0.2) is 0 Å². The lowest BCUT2D eigenvalue weighted by Gasteiger charge is -2.12. The fraction of sp³-hybridized carbons (Fsp3) is 0.417. The average molecular weight is 275 g/mol. The molecular formula is C12H12F3NO3. The smallest absolute Gasteiger partial charge is 0.469 e. The maximum absolute atomic E-state index is 12.2. The maximum Gasteiger partial charge on any atom is 0.573 e. The zero-order valence-corrected chi connectivity index (χ0v) is 10.0. The Morgan fingerprint density at radius 3 is 2.63 bits per heavy atom. The number of fused-ring (bicyclic) bond motifs is 1. The van der Waals surface area contributed by atoms with E-state index in [0.717, 1.165) is 0 Å². The maximum atomic E-state index is 12.2. The fourth-order valence-electron chi connectivity index (χ4n) is 2.26. The zero-order valence-electron chi connectivity index (χ0n) is 10.0. The van der Waals surface area contributed by atoms with Gasteiger partial charge in [0.2, 0.25) is 0 Å². The summed E-state index contributed by atoms with van der Waals surface area (Å²) in [6.07, 6.45) is -4.45. The highest BCUT2D eigenvalue weighted by atomic mass is 19.4. The second-order valence-electron chi connectivity index (χ2n) is 4.26. The molecule has 0 bridgehead atoms. The number of benzene rings is 1. The average Bonchev–Trinajstić information content (AvgIpc) is 2.63. The van der Waals surface area contributed by atoms with E-state index in [1.54, 1.807) is 0 Å². The minimum absolute atomic E-state index is 0.317. The summed E-state index contributed by atoms with van der Waals surface area (Å²) in [6, 6.07) is 3.44. The van der Waals surface area contributed by atoms with Crippen molar-refractivity contribution in [3.63, 3.8) is 0 Å². The van der Waals surface area contributed by atoms with Crippen molar-refractivity contribution >= 4 is 5.97 Å². The molecule has 1 aromatic carbocycles. The summed E-state index contributed by atoms with van der Waals surface area (Å²) < 4.78 is 44.9. The van der Waals surface area contributed by atoms with Crippen molar-refractivity contribution < 1.29 is 27.4 Å². The second kappa shape index (κ2) is 4.73. The molecule has 104 valence electrons. The van der Waals surface area contributed by atoms with Crippen LogP contribution in [-0.2, 0) is 9.53 Å². The van der Waals surface area contributed by atoms with Crippen LogP contribution in [0.2, 0.25) is 0 Å². The highest BCUT2D eigenvalue weighted by Crippen LogP contribution is 2.41. The summed E-state index contributed by atoms with van der Waals surface area (Å²) in [6.45, 7) is 0. The Bertz CT molecular complexity index is 501. The van der Waals surface area contributed by atoms with Crippen molar-refractivity contribution in [2.45, 2.75) is 24.7 Å². The first-order valence-electron chi connectivity index (χ1n) is 5.55. The summed E-state index contributed by atoms with van der Waals surface area (Å²) in [5.74, 6) is -1.53. The first-order chi connectivity index (χ1) is 8.81. The van der Waals surface area contributed by atoms with Gasteiger partial charge in [-0.2, -0.15) is 0 Å². The summed E-state index contributed by atoms with van der Waals surface area (Å²) in [5, 5.41) is 0. The summed E-state index contributed by atoms with van der Waals surface area (Å²) in [7, 11) is 1.22. The van der Waals surface area contributed by atoms with Crippen molar-refractivity contribution in [2.75, 3.05) is 7.11 Å². The molecule has 1 aromatic rings. The van der Waals surface area contributed by atoms with E-state index < -0.39 is 18.2 Å². The summed E-state index contributed by atoms with van der Waals surface area (Å²) >= 11 is 0. The Morgan fingerprint density at radius 2 is 2.05 bits per heavy atom. The number of ether oxygens (including phenoxy) is 2.